The van der Waals surface area contributed by atoms with Gasteiger partial charge in [-0.25, -0.2) is 8.78 Å². The summed E-state index contributed by atoms with van der Waals surface area (Å²) < 4.78 is 44.7. The molecule has 0 spiro atoms. The van der Waals surface area contributed by atoms with E-state index in [-0.39, 0.29) is 29.9 Å². The Balaban J connectivity index is 1.64. The fourth-order valence-corrected chi connectivity index (χ4v) is 7.66. The van der Waals surface area contributed by atoms with Gasteiger partial charge in [-0.15, -0.1) is 0 Å². The summed E-state index contributed by atoms with van der Waals surface area (Å²) in [5.74, 6) is -3.65. The molecule has 5 rings (SSSR count). The highest BCUT2D eigenvalue weighted by atomic mass is 19.1. The zero-order chi connectivity index (χ0) is 23.2. The van der Waals surface area contributed by atoms with E-state index in [2.05, 4.69) is 0 Å². The molecule has 0 bridgehead atoms. The molecule has 4 aliphatic carbocycles. The molecule has 1 unspecified atom stereocenters. The van der Waals surface area contributed by atoms with E-state index in [1.54, 1.807) is 6.92 Å². The summed E-state index contributed by atoms with van der Waals surface area (Å²) in [6.45, 7) is 5.22. The Morgan fingerprint density at radius 2 is 1.97 bits per heavy atom. The summed E-state index contributed by atoms with van der Waals surface area (Å²) in [5, 5.41) is 21.0. The molecular weight excluding hydrogens is 422 g/mol. The van der Waals surface area contributed by atoms with E-state index in [4.69, 9.17) is 9.47 Å². The van der Waals surface area contributed by atoms with Crippen LogP contribution in [-0.4, -0.2) is 46.2 Å². The number of carbonyl (C=O) groups excluding carboxylic acids is 1. The van der Waals surface area contributed by atoms with Gasteiger partial charge in [-0.05, 0) is 62.0 Å². The topological polar surface area (TPSA) is 93.1 Å². The van der Waals surface area contributed by atoms with E-state index < -0.39 is 64.6 Å². The highest BCUT2D eigenvalue weighted by Crippen LogP contribution is 2.71. The quantitative estimate of drug-likeness (QED) is 0.676. The van der Waals surface area contributed by atoms with Gasteiger partial charge in [0.05, 0.1) is 17.4 Å². The molecule has 1 aliphatic heterocycles. The Morgan fingerprint density at radius 3 is 2.62 bits per heavy atom. The van der Waals surface area contributed by atoms with Crippen LogP contribution in [0.4, 0.5) is 8.78 Å². The largest absolute Gasteiger partial charge is 0.481 e. The number of hydrogen-bond acceptors (Lipinski definition) is 5. The predicted molar refractivity (Wildman–Crippen MR) is 109 cm³/mol. The van der Waals surface area contributed by atoms with E-state index >= 15 is 8.78 Å². The third-order valence-corrected chi connectivity index (χ3v) is 9.19. The minimum absolute atomic E-state index is 0.0174. The SMILES string of the molecule is CCCC1OC2=C(O1)[C@@]1(C)C(=CC2=O)[C@@H](F)C[C@H]2[C@@H]3CC[C@H](C(=O)O)[C@@]3(C)C[C@H](O)[C@@]21F. The fraction of sp³-hybridized carbons (Fsp3) is 0.750. The first-order valence-electron chi connectivity index (χ1n) is 11.6. The lowest BCUT2D eigenvalue weighted by Gasteiger charge is -2.62. The van der Waals surface area contributed by atoms with Gasteiger partial charge < -0.3 is 19.7 Å². The van der Waals surface area contributed by atoms with E-state index in [0.29, 0.717) is 25.7 Å². The Kier molecular flexibility index (Phi) is 4.63. The number of alkyl halides is 2. The smallest absolute Gasteiger partial charge is 0.307 e. The number of rotatable bonds is 3. The molecule has 1 heterocycles. The normalized spacial score (nSPS) is 49.3. The van der Waals surface area contributed by atoms with Gasteiger partial charge in [0.25, 0.3) is 0 Å². The summed E-state index contributed by atoms with van der Waals surface area (Å²) in [6, 6.07) is 0. The van der Waals surface area contributed by atoms with Gasteiger partial charge in [-0.1, -0.05) is 13.8 Å². The van der Waals surface area contributed by atoms with Crippen LogP contribution in [-0.2, 0) is 19.1 Å². The van der Waals surface area contributed by atoms with Crippen molar-refractivity contribution in [3.8, 4) is 0 Å². The zero-order valence-electron chi connectivity index (χ0n) is 18.6. The van der Waals surface area contributed by atoms with E-state index in [0.717, 1.165) is 6.08 Å². The first-order valence-corrected chi connectivity index (χ1v) is 11.6. The van der Waals surface area contributed by atoms with Crippen molar-refractivity contribution in [1.29, 1.82) is 0 Å². The summed E-state index contributed by atoms with van der Waals surface area (Å²) in [7, 11) is 0. The van der Waals surface area contributed by atoms with E-state index in [1.807, 2.05) is 6.92 Å². The van der Waals surface area contributed by atoms with Gasteiger partial charge in [0.15, 0.2) is 11.4 Å². The molecule has 176 valence electrons. The number of carbonyl (C=O) groups is 2. The van der Waals surface area contributed by atoms with Crippen molar-refractivity contribution in [3.63, 3.8) is 0 Å². The third kappa shape index (κ3) is 2.42. The van der Waals surface area contributed by atoms with Crippen molar-refractivity contribution in [1.82, 2.24) is 0 Å². The Hall–Kier alpha value is -1.96. The number of aliphatic hydroxyl groups is 1. The number of hydrogen-bond donors (Lipinski definition) is 2. The van der Waals surface area contributed by atoms with E-state index in [9.17, 15) is 19.8 Å². The van der Waals surface area contributed by atoms with Crippen LogP contribution in [0.25, 0.3) is 0 Å². The van der Waals surface area contributed by atoms with Crippen LogP contribution in [0.2, 0.25) is 0 Å². The summed E-state index contributed by atoms with van der Waals surface area (Å²) in [5.41, 5.74) is -4.87. The highest BCUT2D eigenvalue weighted by molar-refractivity contribution is 6.05. The molecule has 8 heteroatoms. The lowest BCUT2D eigenvalue weighted by atomic mass is 9.44. The Labute approximate surface area is 185 Å². The predicted octanol–water partition coefficient (Wildman–Crippen LogP) is 3.83. The maximum absolute atomic E-state index is 17.4. The minimum atomic E-state index is -2.31. The molecule has 2 N–H and O–H groups in total. The molecular formula is C24H30F2O6. The first-order chi connectivity index (χ1) is 15.0. The van der Waals surface area contributed by atoms with Gasteiger partial charge >= 0.3 is 5.97 Å². The molecule has 9 atom stereocenters. The second-order valence-corrected chi connectivity index (χ2v) is 10.6. The number of fused-ring (bicyclic) bond motifs is 6. The standard InChI is InChI=1S/C24H30F2O6/c1-4-5-18-31-19-16(27)9-14-15(25)8-13-11-6-7-12(21(29)30)22(11,2)10-17(28)24(13,26)23(14,3)20(19)32-18/h9,11-13,15,17-18,28H,4-8,10H2,1-3H3,(H,29,30)/t11-,12+,13-,15-,17-,18?,22-,23+,24-/m0/s1. The van der Waals surface area contributed by atoms with Crippen molar-refractivity contribution in [2.45, 2.75) is 83.5 Å². The van der Waals surface area contributed by atoms with Gasteiger partial charge in [0, 0.05) is 12.3 Å². The van der Waals surface area contributed by atoms with Crippen LogP contribution in [0, 0.1) is 28.6 Å². The molecule has 0 aromatic rings. The number of ketones is 1. The summed E-state index contributed by atoms with van der Waals surface area (Å²) in [6.07, 6.45) is -0.987. The molecule has 0 radical (unpaired) electrons. The monoisotopic (exact) mass is 452 g/mol. The minimum Gasteiger partial charge on any atom is -0.481 e. The van der Waals surface area contributed by atoms with Gasteiger partial charge in [-0.3, -0.25) is 9.59 Å². The Bertz CT molecular complexity index is 945. The zero-order valence-corrected chi connectivity index (χ0v) is 18.6. The molecule has 0 aromatic heterocycles. The lowest BCUT2D eigenvalue weighted by Crippen LogP contribution is -2.69. The number of carboxylic acid groups (broad SMARTS) is 1. The second kappa shape index (κ2) is 6.78. The molecule has 0 amide bonds. The number of halogens is 2. The number of allylic oxidation sites excluding steroid dienone is 2. The molecule has 0 saturated heterocycles. The highest BCUT2D eigenvalue weighted by Gasteiger charge is 2.75. The van der Waals surface area contributed by atoms with Crippen LogP contribution in [0.15, 0.2) is 23.2 Å². The van der Waals surface area contributed by atoms with Gasteiger partial charge in [0.1, 0.15) is 6.17 Å². The maximum Gasteiger partial charge on any atom is 0.307 e. The third-order valence-electron chi connectivity index (χ3n) is 9.19. The molecule has 3 saturated carbocycles. The Morgan fingerprint density at radius 1 is 1.25 bits per heavy atom. The van der Waals surface area contributed by atoms with Crippen LogP contribution >= 0.6 is 0 Å². The lowest BCUT2D eigenvalue weighted by molar-refractivity contribution is -0.215. The molecule has 3 fully saturated rings. The van der Waals surface area contributed by atoms with Crippen molar-refractivity contribution in [3.05, 3.63) is 23.2 Å². The van der Waals surface area contributed by atoms with Crippen LogP contribution in [0.1, 0.15) is 59.3 Å². The average Bonchev–Trinajstić information content (AvgIpc) is 3.29. The molecule has 32 heavy (non-hydrogen) atoms. The number of aliphatic hydroxyl groups excluding tert-OH is 1. The van der Waals surface area contributed by atoms with Crippen molar-refractivity contribution < 1.29 is 38.1 Å². The van der Waals surface area contributed by atoms with Crippen molar-refractivity contribution in [2.75, 3.05) is 0 Å². The van der Waals surface area contributed by atoms with Gasteiger partial charge in [-0.2, -0.15) is 0 Å². The van der Waals surface area contributed by atoms with Gasteiger partial charge in [0.2, 0.25) is 17.8 Å². The second-order valence-electron chi connectivity index (χ2n) is 10.6. The van der Waals surface area contributed by atoms with Crippen molar-refractivity contribution in [2.24, 2.45) is 28.6 Å². The van der Waals surface area contributed by atoms with Crippen LogP contribution in [0.5, 0.6) is 0 Å². The molecule has 6 nitrogen and oxygen atoms in total. The number of ether oxygens (including phenoxy) is 2. The number of aliphatic carboxylic acids is 1. The summed E-state index contributed by atoms with van der Waals surface area (Å²) >= 11 is 0. The molecule has 0 aromatic carbocycles. The van der Waals surface area contributed by atoms with Crippen LogP contribution < -0.4 is 0 Å². The first kappa shape index (κ1) is 21.9. The van der Waals surface area contributed by atoms with E-state index in [1.165, 1.54) is 6.92 Å². The summed E-state index contributed by atoms with van der Waals surface area (Å²) in [4.78, 5) is 24.6. The van der Waals surface area contributed by atoms with Crippen molar-refractivity contribution >= 4 is 11.8 Å². The fourth-order valence-electron chi connectivity index (χ4n) is 7.66. The molecule has 5 aliphatic rings. The maximum atomic E-state index is 17.4. The number of carboxylic acids is 1. The van der Waals surface area contributed by atoms with Crippen LogP contribution in [0.3, 0.4) is 0 Å². The average molecular weight is 452 g/mol.